The van der Waals surface area contributed by atoms with Crippen molar-refractivity contribution in [1.82, 2.24) is 4.98 Å². The van der Waals surface area contributed by atoms with Gasteiger partial charge in [0.2, 0.25) is 5.88 Å². The smallest absolute Gasteiger partial charge is 0.213 e. The summed E-state index contributed by atoms with van der Waals surface area (Å²) < 4.78 is 31.9. The summed E-state index contributed by atoms with van der Waals surface area (Å²) in [5.41, 5.74) is -0.167. The highest BCUT2D eigenvalue weighted by molar-refractivity contribution is 6.30. The molecule has 0 aliphatic carbocycles. The molecule has 0 aliphatic rings. The molecule has 0 bridgehead atoms. The van der Waals surface area contributed by atoms with Crippen molar-refractivity contribution in [2.24, 2.45) is 0 Å². The molecule has 0 saturated carbocycles. The summed E-state index contributed by atoms with van der Waals surface area (Å²) in [6.45, 7) is -0.230. The largest absolute Gasteiger partial charge is 0.473 e. The Morgan fingerprint density at radius 3 is 2.47 bits per heavy atom. The second-order valence-electron chi connectivity index (χ2n) is 3.30. The number of hydrogen-bond acceptors (Lipinski definition) is 2. The van der Waals surface area contributed by atoms with Crippen LogP contribution < -0.4 is 4.74 Å². The van der Waals surface area contributed by atoms with Crippen LogP contribution in [-0.2, 0) is 6.61 Å². The Kier molecular flexibility index (Phi) is 3.54. The zero-order valence-electron chi connectivity index (χ0n) is 8.66. The Bertz CT molecular complexity index is 496. The summed E-state index contributed by atoms with van der Waals surface area (Å²) in [5.74, 6) is -1.15. The third-order valence-corrected chi connectivity index (χ3v) is 2.33. The van der Waals surface area contributed by atoms with Gasteiger partial charge in [0.05, 0.1) is 5.56 Å². The highest BCUT2D eigenvalue weighted by atomic mass is 35.5. The number of benzene rings is 1. The van der Waals surface area contributed by atoms with Crippen LogP contribution in [-0.4, -0.2) is 4.98 Å². The number of hydrogen-bond donors (Lipinski definition) is 0. The standard InChI is InChI=1S/C12H8ClF2NO/c13-8-5-10(14)9(11(15)6-8)7-17-12-3-1-2-4-16-12/h1-6H,7H2. The predicted octanol–water partition coefficient (Wildman–Crippen LogP) is 3.59. The summed E-state index contributed by atoms with van der Waals surface area (Å²) in [4.78, 5) is 3.88. The van der Waals surface area contributed by atoms with Crippen molar-refractivity contribution in [3.8, 4) is 5.88 Å². The Morgan fingerprint density at radius 1 is 1.18 bits per heavy atom. The first-order valence-electron chi connectivity index (χ1n) is 4.84. The number of halogens is 3. The van der Waals surface area contributed by atoms with E-state index >= 15 is 0 Å². The van der Waals surface area contributed by atoms with E-state index in [0.717, 1.165) is 12.1 Å². The number of ether oxygens (including phenoxy) is 1. The maximum Gasteiger partial charge on any atom is 0.213 e. The van der Waals surface area contributed by atoms with E-state index in [9.17, 15) is 8.78 Å². The van der Waals surface area contributed by atoms with Crippen molar-refractivity contribution < 1.29 is 13.5 Å². The van der Waals surface area contributed by atoms with E-state index in [-0.39, 0.29) is 17.2 Å². The summed E-state index contributed by atoms with van der Waals surface area (Å²) >= 11 is 5.51. The van der Waals surface area contributed by atoms with Gasteiger partial charge >= 0.3 is 0 Å². The monoisotopic (exact) mass is 255 g/mol. The normalized spacial score (nSPS) is 10.3. The van der Waals surface area contributed by atoms with Gasteiger partial charge in [-0.05, 0) is 18.2 Å². The molecule has 0 spiro atoms. The minimum absolute atomic E-state index is 0.0154. The van der Waals surface area contributed by atoms with E-state index in [1.54, 1.807) is 18.2 Å². The fourth-order valence-corrected chi connectivity index (χ4v) is 1.48. The average Bonchev–Trinajstić information content (AvgIpc) is 2.29. The SMILES string of the molecule is Fc1cc(Cl)cc(F)c1COc1ccccn1. The molecule has 1 aromatic heterocycles. The highest BCUT2D eigenvalue weighted by Crippen LogP contribution is 2.20. The van der Waals surface area contributed by atoms with Crippen molar-refractivity contribution in [2.75, 3.05) is 0 Å². The zero-order valence-corrected chi connectivity index (χ0v) is 9.42. The summed E-state index contributed by atoms with van der Waals surface area (Å²) in [5, 5.41) is 0.0154. The van der Waals surface area contributed by atoms with Crippen molar-refractivity contribution in [2.45, 2.75) is 6.61 Å². The van der Waals surface area contributed by atoms with E-state index < -0.39 is 11.6 Å². The molecule has 0 saturated heterocycles. The molecule has 0 aliphatic heterocycles. The number of pyridine rings is 1. The average molecular weight is 256 g/mol. The van der Waals surface area contributed by atoms with Crippen LogP contribution in [0.1, 0.15) is 5.56 Å². The molecule has 0 amide bonds. The summed E-state index contributed by atoms with van der Waals surface area (Å²) in [6.07, 6.45) is 1.53. The maximum atomic E-state index is 13.4. The summed E-state index contributed by atoms with van der Waals surface area (Å²) in [7, 11) is 0. The molecule has 0 unspecified atom stereocenters. The van der Waals surface area contributed by atoms with E-state index in [1.165, 1.54) is 6.20 Å². The van der Waals surface area contributed by atoms with Crippen molar-refractivity contribution >= 4 is 11.6 Å². The van der Waals surface area contributed by atoms with Crippen LogP contribution in [0.15, 0.2) is 36.5 Å². The van der Waals surface area contributed by atoms with Gasteiger partial charge in [-0.25, -0.2) is 13.8 Å². The molecule has 1 heterocycles. The quantitative estimate of drug-likeness (QED) is 0.836. The van der Waals surface area contributed by atoms with Gasteiger partial charge in [0, 0.05) is 17.3 Å². The van der Waals surface area contributed by atoms with Crippen LogP contribution in [0.25, 0.3) is 0 Å². The fraction of sp³-hybridized carbons (Fsp3) is 0.0833. The Hall–Kier alpha value is -1.68. The topological polar surface area (TPSA) is 22.1 Å². The Balaban J connectivity index is 2.15. The second kappa shape index (κ2) is 5.10. The molecule has 0 atom stereocenters. The Morgan fingerprint density at radius 2 is 1.88 bits per heavy atom. The molecule has 0 radical (unpaired) electrons. The first kappa shape index (κ1) is 11.8. The molecule has 5 heteroatoms. The maximum absolute atomic E-state index is 13.4. The second-order valence-corrected chi connectivity index (χ2v) is 3.74. The van der Waals surface area contributed by atoms with E-state index in [2.05, 4.69) is 4.98 Å². The number of rotatable bonds is 3. The first-order valence-corrected chi connectivity index (χ1v) is 5.22. The van der Waals surface area contributed by atoms with Crippen LogP contribution in [0.2, 0.25) is 5.02 Å². The van der Waals surface area contributed by atoms with Gasteiger partial charge < -0.3 is 4.74 Å². The van der Waals surface area contributed by atoms with E-state index in [4.69, 9.17) is 16.3 Å². The highest BCUT2D eigenvalue weighted by Gasteiger charge is 2.11. The fourth-order valence-electron chi connectivity index (χ4n) is 1.29. The molecule has 2 rings (SSSR count). The van der Waals surface area contributed by atoms with Crippen LogP contribution in [0, 0.1) is 11.6 Å². The number of nitrogens with zero attached hydrogens (tertiary/aromatic N) is 1. The third kappa shape index (κ3) is 2.91. The molecule has 1 aromatic carbocycles. The lowest BCUT2D eigenvalue weighted by Crippen LogP contribution is -2.02. The summed E-state index contributed by atoms with van der Waals surface area (Å²) in [6, 6.07) is 7.13. The number of aromatic nitrogens is 1. The lowest BCUT2D eigenvalue weighted by molar-refractivity contribution is 0.281. The van der Waals surface area contributed by atoms with Crippen molar-refractivity contribution in [1.29, 1.82) is 0 Å². The van der Waals surface area contributed by atoms with Crippen LogP contribution in [0.3, 0.4) is 0 Å². The minimum Gasteiger partial charge on any atom is -0.473 e. The molecule has 2 aromatic rings. The lowest BCUT2D eigenvalue weighted by atomic mass is 10.2. The molecule has 0 N–H and O–H groups in total. The van der Waals surface area contributed by atoms with Gasteiger partial charge in [-0.3, -0.25) is 0 Å². The molecular formula is C12H8ClF2NO. The molecule has 88 valence electrons. The lowest BCUT2D eigenvalue weighted by Gasteiger charge is -2.07. The first-order chi connectivity index (χ1) is 8.16. The van der Waals surface area contributed by atoms with Gasteiger partial charge in [0.15, 0.2) is 0 Å². The van der Waals surface area contributed by atoms with Crippen LogP contribution in [0.5, 0.6) is 5.88 Å². The van der Waals surface area contributed by atoms with Gasteiger partial charge in [0.1, 0.15) is 18.2 Å². The Labute approximate surface area is 102 Å². The zero-order chi connectivity index (χ0) is 12.3. The van der Waals surface area contributed by atoms with Crippen LogP contribution >= 0.6 is 11.6 Å². The molecule has 0 fully saturated rings. The third-order valence-electron chi connectivity index (χ3n) is 2.11. The minimum atomic E-state index is -0.731. The molecule has 17 heavy (non-hydrogen) atoms. The van der Waals surface area contributed by atoms with Crippen molar-refractivity contribution in [3.05, 3.63) is 58.7 Å². The van der Waals surface area contributed by atoms with E-state index in [0.29, 0.717) is 5.88 Å². The van der Waals surface area contributed by atoms with Gasteiger partial charge in [0.25, 0.3) is 0 Å². The van der Waals surface area contributed by atoms with Gasteiger partial charge in [-0.1, -0.05) is 17.7 Å². The van der Waals surface area contributed by atoms with Crippen LogP contribution in [0.4, 0.5) is 8.78 Å². The van der Waals surface area contributed by atoms with E-state index in [1.807, 2.05) is 0 Å². The van der Waals surface area contributed by atoms with Crippen molar-refractivity contribution in [3.63, 3.8) is 0 Å². The van der Waals surface area contributed by atoms with Gasteiger partial charge in [-0.2, -0.15) is 0 Å². The van der Waals surface area contributed by atoms with Gasteiger partial charge in [-0.15, -0.1) is 0 Å². The molecular weight excluding hydrogens is 248 g/mol. The predicted molar refractivity (Wildman–Crippen MR) is 59.9 cm³/mol. The molecule has 2 nitrogen and oxygen atoms in total.